The molecule has 2 saturated heterocycles. The van der Waals surface area contributed by atoms with Crippen LogP contribution >= 0.6 is 0 Å². The molecular weight excluding hydrogens is 383 g/mol. The second-order valence-corrected chi connectivity index (χ2v) is 8.57. The highest BCUT2D eigenvalue weighted by atomic mass is 19.1. The highest BCUT2D eigenvalue weighted by Crippen LogP contribution is 2.37. The number of ether oxygens (including phenoxy) is 1. The molecule has 6 heteroatoms. The fourth-order valence-corrected chi connectivity index (χ4v) is 5.23. The Morgan fingerprint density at radius 2 is 1.97 bits per heavy atom. The van der Waals surface area contributed by atoms with Gasteiger partial charge >= 0.3 is 0 Å². The molecule has 0 saturated carbocycles. The summed E-state index contributed by atoms with van der Waals surface area (Å²) in [5, 5.41) is 13.7. The average molecular weight is 410 g/mol. The first kappa shape index (κ1) is 19.7. The number of hydrogen-bond donors (Lipinski definition) is 2. The Labute approximate surface area is 175 Å². The normalized spacial score (nSPS) is 31.0. The van der Waals surface area contributed by atoms with Gasteiger partial charge in [-0.05, 0) is 54.6 Å². The van der Waals surface area contributed by atoms with E-state index < -0.39 is 6.10 Å². The highest BCUT2D eigenvalue weighted by Gasteiger charge is 2.43. The van der Waals surface area contributed by atoms with Gasteiger partial charge in [0, 0.05) is 18.5 Å². The zero-order valence-corrected chi connectivity index (χ0v) is 16.8. The second-order valence-electron chi connectivity index (χ2n) is 8.57. The number of carbonyl (C=O) groups is 1. The third-order valence-electron chi connectivity index (χ3n) is 6.84. The van der Waals surface area contributed by atoms with E-state index in [0.29, 0.717) is 19.6 Å². The van der Waals surface area contributed by atoms with Crippen LogP contribution in [0.4, 0.5) is 4.39 Å². The fraction of sp³-hybridized carbons (Fsp3) is 0.458. The van der Waals surface area contributed by atoms with Gasteiger partial charge < -0.3 is 20.1 Å². The molecule has 2 aromatic rings. The summed E-state index contributed by atoms with van der Waals surface area (Å²) in [5.74, 6) is -0.277. The topological polar surface area (TPSA) is 61.8 Å². The van der Waals surface area contributed by atoms with E-state index in [1.54, 1.807) is 12.1 Å². The number of hydrogen-bond acceptors (Lipinski definition) is 4. The smallest absolute Gasteiger partial charge is 0.252 e. The lowest BCUT2D eigenvalue weighted by Crippen LogP contribution is -2.58. The molecule has 3 aliphatic rings. The predicted octanol–water partition coefficient (Wildman–Crippen LogP) is 2.43. The molecule has 0 radical (unpaired) electrons. The van der Waals surface area contributed by atoms with Crippen LogP contribution in [0, 0.1) is 11.7 Å². The monoisotopic (exact) mass is 410 g/mol. The van der Waals surface area contributed by atoms with Gasteiger partial charge in [-0.15, -0.1) is 0 Å². The van der Waals surface area contributed by atoms with Crippen LogP contribution in [-0.2, 0) is 16.0 Å². The highest BCUT2D eigenvalue weighted by molar-refractivity contribution is 5.82. The molecule has 0 bridgehead atoms. The van der Waals surface area contributed by atoms with E-state index >= 15 is 0 Å². The van der Waals surface area contributed by atoms with Gasteiger partial charge in [0.1, 0.15) is 11.9 Å². The number of nitrogens with zero attached hydrogens (tertiary/aromatic N) is 1. The maximum absolute atomic E-state index is 13.6. The first-order valence-electron chi connectivity index (χ1n) is 10.8. The molecule has 2 fully saturated rings. The van der Waals surface area contributed by atoms with Gasteiger partial charge in [0.2, 0.25) is 0 Å². The molecule has 2 aromatic carbocycles. The molecule has 158 valence electrons. The van der Waals surface area contributed by atoms with Crippen LogP contribution < -0.4 is 5.32 Å². The molecule has 5 nitrogen and oxygen atoms in total. The number of amides is 1. The molecule has 1 amide bonds. The Kier molecular flexibility index (Phi) is 5.31. The van der Waals surface area contributed by atoms with Crippen LogP contribution in [0.3, 0.4) is 0 Å². The lowest BCUT2D eigenvalue weighted by Gasteiger charge is -2.44. The van der Waals surface area contributed by atoms with E-state index in [1.807, 2.05) is 17.0 Å². The summed E-state index contributed by atoms with van der Waals surface area (Å²) in [6.45, 7) is 1.75. The molecule has 5 atom stereocenters. The number of rotatable bonds is 2. The van der Waals surface area contributed by atoms with Crippen LogP contribution in [-0.4, -0.2) is 53.9 Å². The fourth-order valence-electron chi connectivity index (χ4n) is 5.23. The lowest BCUT2D eigenvalue weighted by atomic mass is 9.83. The minimum atomic E-state index is -0.530. The SMILES string of the molecule is O=C([C@H]1C[C@@H]2NCC[C@@H](O)[C@H]2CO1)N1CCc2ccccc2[C@@H]1c1ccc(F)cc1. The molecule has 0 spiro atoms. The van der Waals surface area contributed by atoms with Crippen LogP contribution in [0.25, 0.3) is 0 Å². The van der Waals surface area contributed by atoms with Crippen LogP contribution in [0.2, 0.25) is 0 Å². The van der Waals surface area contributed by atoms with Gasteiger partial charge in [-0.2, -0.15) is 0 Å². The van der Waals surface area contributed by atoms with Crippen LogP contribution in [0.1, 0.15) is 35.6 Å². The van der Waals surface area contributed by atoms with Crippen molar-refractivity contribution in [2.24, 2.45) is 5.92 Å². The van der Waals surface area contributed by atoms with E-state index in [-0.39, 0.29) is 35.8 Å². The first-order chi connectivity index (χ1) is 14.6. The second kappa shape index (κ2) is 8.10. The van der Waals surface area contributed by atoms with Gasteiger partial charge in [0.05, 0.1) is 18.8 Å². The molecule has 3 aliphatic heterocycles. The maximum atomic E-state index is 13.6. The van der Waals surface area contributed by atoms with Crippen LogP contribution in [0.5, 0.6) is 0 Å². The van der Waals surface area contributed by atoms with Crippen molar-refractivity contribution >= 4 is 5.91 Å². The largest absolute Gasteiger partial charge is 0.393 e. The first-order valence-corrected chi connectivity index (χ1v) is 10.8. The Morgan fingerprint density at radius 1 is 1.17 bits per heavy atom. The van der Waals surface area contributed by atoms with Crippen molar-refractivity contribution in [3.8, 4) is 0 Å². The van der Waals surface area contributed by atoms with E-state index in [1.165, 1.54) is 17.7 Å². The number of aliphatic hydroxyl groups excluding tert-OH is 1. The van der Waals surface area contributed by atoms with Crippen molar-refractivity contribution in [2.45, 2.75) is 43.6 Å². The molecule has 30 heavy (non-hydrogen) atoms. The van der Waals surface area contributed by atoms with E-state index in [4.69, 9.17) is 4.74 Å². The summed E-state index contributed by atoms with van der Waals surface area (Å²) >= 11 is 0. The Hall–Kier alpha value is -2.28. The number of nitrogens with one attached hydrogen (secondary N) is 1. The number of fused-ring (bicyclic) bond motifs is 2. The maximum Gasteiger partial charge on any atom is 0.252 e. The van der Waals surface area contributed by atoms with E-state index in [9.17, 15) is 14.3 Å². The van der Waals surface area contributed by atoms with Crippen molar-refractivity contribution in [1.82, 2.24) is 10.2 Å². The third kappa shape index (κ3) is 3.53. The molecule has 0 aromatic heterocycles. The van der Waals surface area contributed by atoms with Crippen molar-refractivity contribution in [1.29, 1.82) is 0 Å². The standard InChI is InChI=1S/C24H27FN2O3/c25-17-7-5-16(6-8-17)23-18-4-2-1-3-15(18)10-12-27(23)24(29)22-13-20-19(14-30-22)21(28)9-11-26-20/h1-8,19-23,26,28H,9-14H2/t19-,20-,21+,22+,23-/m0/s1. The predicted molar refractivity (Wildman–Crippen MR) is 110 cm³/mol. The molecular formula is C24H27FN2O3. The lowest BCUT2D eigenvalue weighted by molar-refractivity contribution is -0.156. The summed E-state index contributed by atoms with van der Waals surface area (Å²) < 4.78 is 19.5. The quantitative estimate of drug-likeness (QED) is 0.798. The van der Waals surface area contributed by atoms with Crippen molar-refractivity contribution in [2.75, 3.05) is 19.7 Å². The zero-order chi connectivity index (χ0) is 20.7. The van der Waals surface area contributed by atoms with E-state index in [2.05, 4.69) is 17.4 Å². The number of benzene rings is 2. The van der Waals surface area contributed by atoms with Crippen molar-refractivity contribution in [3.05, 3.63) is 71.0 Å². The minimum absolute atomic E-state index is 0.0286. The molecule has 5 rings (SSSR count). The van der Waals surface area contributed by atoms with Gasteiger partial charge in [-0.1, -0.05) is 36.4 Å². The number of carbonyl (C=O) groups excluding carboxylic acids is 1. The number of aliphatic hydroxyl groups is 1. The summed E-state index contributed by atoms with van der Waals surface area (Å²) in [7, 11) is 0. The van der Waals surface area contributed by atoms with Gasteiger partial charge in [-0.25, -0.2) is 4.39 Å². The van der Waals surface area contributed by atoms with Crippen molar-refractivity contribution < 1.29 is 19.0 Å². The number of halogens is 1. The number of piperidine rings is 1. The zero-order valence-electron chi connectivity index (χ0n) is 16.8. The van der Waals surface area contributed by atoms with Gasteiger partial charge in [-0.3, -0.25) is 4.79 Å². The summed E-state index contributed by atoms with van der Waals surface area (Å²) in [4.78, 5) is 15.5. The summed E-state index contributed by atoms with van der Waals surface area (Å²) in [5.41, 5.74) is 3.21. The third-order valence-corrected chi connectivity index (χ3v) is 6.84. The average Bonchev–Trinajstić information content (AvgIpc) is 2.78. The molecule has 3 heterocycles. The summed E-state index contributed by atoms with van der Waals surface area (Å²) in [6.07, 6.45) is 1.17. The van der Waals surface area contributed by atoms with Gasteiger partial charge in [0.25, 0.3) is 5.91 Å². The summed E-state index contributed by atoms with van der Waals surface area (Å²) in [6, 6.07) is 14.4. The Morgan fingerprint density at radius 3 is 2.80 bits per heavy atom. The minimum Gasteiger partial charge on any atom is -0.393 e. The van der Waals surface area contributed by atoms with E-state index in [0.717, 1.165) is 30.5 Å². The Balaban J connectivity index is 1.43. The molecule has 2 N–H and O–H groups in total. The van der Waals surface area contributed by atoms with Crippen molar-refractivity contribution in [3.63, 3.8) is 0 Å². The van der Waals surface area contributed by atoms with Crippen LogP contribution in [0.15, 0.2) is 48.5 Å². The molecule has 0 unspecified atom stereocenters. The Bertz CT molecular complexity index is 919. The van der Waals surface area contributed by atoms with Gasteiger partial charge in [0.15, 0.2) is 0 Å². The molecule has 0 aliphatic carbocycles.